The van der Waals surface area contributed by atoms with E-state index in [4.69, 9.17) is 0 Å². The maximum Gasteiger partial charge on any atom is 0.201 e. The van der Waals surface area contributed by atoms with E-state index in [0.717, 1.165) is 0 Å². The van der Waals surface area contributed by atoms with E-state index in [0.29, 0.717) is 36.4 Å². The molecule has 0 aliphatic carbocycles. The molecule has 0 amide bonds. The summed E-state index contributed by atoms with van der Waals surface area (Å²) >= 11 is 0. The SMILES string of the molecule is CCC(O)(CC)CNc1nc2ccc(F)cc2[nH]1. The summed E-state index contributed by atoms with van der Waals surface area (Å²) in [6.07, 6.45) is 1.34. The molecule has 1 aromatic carbocycles. The number of hydrogen-bond acceptors (Lipinski definition) is 3. The predicted octanol–water partition coefficient (Wildman–Crippen LogP) is 2.67. The van der Waals surface area contributed by atoms with Crippen LogP contribution in [0.2, 0.25) is 0 Å². The van der Waals surface area contributed by atoms with Crippen LogP contribution in [0.1, 0.15) is 26.7 Å². The largest absolute Gasteiger partial charge is 0.388 e. The lowest BCUT2D eigenvalue weighted by Gasteiger charge is -2.25. The minimum Gasteiger partial charge on any atom is -0.388 e. The van der Waals surface area contributed by atoms with Gasteiger partial charge in [-0.2, -0.15) is 0 Å². The zero-order valence-corrected chi connectivity index (χ0v) is 10.6. The van der Waals surface area contributed by atoms with E-state index in [9.17, 15) is 9.50 Å². The summed E-state index contributed by atoms with van der Waals surface area (Å²) in [6.45, 7) is 4.31. The average molecular weight is 251 g/mol. The van der Waals surface area contributed by atoms with Crippen molar-refractivity contribution in [1.29, 1.82) is 0 Å². The second-order valence-corrected chi connectivity index (χ2v) is 4.53. The van der Waals surface area contributed by atoms with Crippen molar-refractivity contribution in [2.24, 2.45) is 0 Å². The first-order valence-corrected chi connectivity index (χ1v) is 6.18. The van der Waals surface area contributed by atoms with Gasteiger partial charge in [0.2, 0.25) is 5.95 Å². The molecule has 0 spiro atoms. The molecule has 0 fully saturated rings. The van der Waals surface area contributed by atoms with Gasteiger partial charge in [0.25, 0.3) is 0 Å². The van der Waals surface area contributed by atoms with Gasteiger partial charge in [-0.1, -0.05) is 13.8 Å². The van der Waals surface area contributed by atoms with Crippen LogP contribution in [0.5, 0.6) is 0 Å². The van der Waals surface area contributed by atoms with Gasteiger partial charge < -0.3 is 15.4 Å². The zero-order chi connectivity index (χ0) is 13.2. The van der Waals surface area contributed by atoms with Gasteiger partial charge in [-0.15, -0.1) is 0 Å². The van der Waals surface area contributed by atoms with Crippen LogP contribution in [0.25, 0.3) is 11.0 Å². The summed E-state index contributed by atoms with van der Waals surface area (Å²) in [4.78, 5) is 7.26. The molecule has 0 radical (unpaired) electrons. The highest BCUT2D eigenvalue weighted by Gasteiger charge is 2.22. The molecule has 18 heavy (non-hydrogen) atoms. The maximum absolute atomic E-state index is 13.0. The van der Waals surface area contributed by atoms with Crippen LogP contribution in [0.3, 0.4) is 0 Å². The van der Waals surface area contributed by atoms with Crippen molar-refractivity contribution in [3.63, 3.8) is 0 Å². The zero-order valence-electron chi connectivity index (χ0n) is 10.6. The highest BCUT2D eigenvalue weighted by molar-refractivity contribution is 5.77. The van der Waals surface area contributed by atoms with E-state index in [1.165, 1.54) is 12.1 Å². The fourth-order valence-electron chi connectivity index (χ4n) is 1.81. The van der Waals surface area contributed by atoms with Crippen molar-refractivity contribution in [3.05, 3.63) is 24.0 Å². The fraction of sp³-hybridized carbons (Fsp3) is 0.462. The van der Waals surface area contributed by atoms with Crippen LogP contribution in [0.15, 0.2) is 18.2 Å². The van der Waals surface area contributed by atoms with Crippen molar-refractivity contribution in [1.82, 2.24) is 9.97 Å². The molecular weight excluding hydrogens is 233 g/mol. The van der Waals surface area contributed by atoms with Crippen molar-refractivity contribution >= 4 is 17.0 Å². The minimum absolute atomic E-state index is 0.295. The normalized spacial score (nSPS) is 12.0. The minimum atomic E-state index is -0.732. The number of hydrogen-bond donors (Lipinski definition) is 3. The summed E-state index contributed by atoms with van der Waals surface area (Å²) in [7, 11) is 0. The molecule has 0 saturated carbocycles. The summed E-state index contributed by atoms with van der Waals surface area (Å²) in [5.41, 5.74) is 0.619. The highest BCUT2D eigenvalue weighted by Crippen LogP contribution is 2.18. The number of anilines is 1. The van der Waals surface area contributed by atoms with Gasteiger partial charge in [-0.05, 0) is 31.0 Å². The Kier molecular flexibility index (Phi) is 3.52. The van der Waals surface area contributed by atoms with Crippen LogP contribution in [0, 0.1) is 5.82 Å². The molecule has 0 atom stereocenters. The average Bonchev–Trinajstić information content (AvgIpc) is 2.78. The topological polar surface area (TPSA) is 60.9 Å². The molecule has 2 aromatic rings. The number of nitrogens with zero attached hydrogens (tertiary/aromatic N) is 1. The Morgan fingerprint density at radius 3 is 2.78 bits per heavy atom. The molecule has 0 bridgehead atoms. The number of imidazole rings is 1. The molecule has 3 N–H and O–H groups in total. The van der Waals surface area contributed by atoms with Gasteiger partial charge in [0.05, 0.1) is 16.6 Å². The molecule has 98 valence electrons. The Balaban J connectivity index is 2.13. The van der Waals surface area contributed by atoms with Crippen LogP contribution in [-0.2, 0) is 0 Å². The molecular formula is C13H18FN3O. The molecule has 0 aliphatic rings. The van der Waals surface area contributed by atoms with Crippen LogP contribution in [-0.4, -0.2) is 27.2 Å². The number of halogens is 1. The number of fused-ring (bicyclic) bond motifs is 1. The van der Waals surface area contributed by atoms with E-state index >= 15 is 0 Å². The monoisotopic (exact) mass is 251 g/mol. The lowest BCUT2D eigenvalue weighted by molar-refractivity contribution is 0.0455. The van der Waals surface area contributed by atoms with Gasteiger partial charge in [-0.25, -0.2) is 9.37 Å². The fourth-order valence-corrected chi connectivity index (χ4v) is 1.81. The standard InChI is InChI=1S/C13H18FN3O/c1-3-13(18,4-2)8-15-12-16-10-6-5-9(14)7-11(10)17-12/h5-7,18H,3-4,8H2,1-2H3,(H2,15,16,17). The van der Waals surface area contributed by atoms with Crippen molar-refractivity contribution < 1.29 is 9.50 Å². The van der Waals surface area contributed by atoms with E-state index in [-0.39, 0.29) is 5.82 Å². The Labute approximate surface area is 105 Å². The predicted molar refractivity (Wildman–Crippen MR) is 70.1 cm³/mol. The van der Waals surface area contributed by atoms with Crippen LogP contribution < -0.4 is 5.32 Å². The van der Waals surface area contributed by atoms with Crippen molar-refractivity contribution in [2.45, 2.75) is 32.3 Å². The van der Waals surface area contributed by atoms with Crippen LogP contribution >= 0.6 is 0 Å². The second kappa shape index (κ2) is 4.94. The quantitative estimate of drug-likeness (QED) is 0.765. The lowest BCUT2D eigenvalue weighted by Crippen LogP contribution is -2.35. The third-order valence-corrected chi connectivity index (χ3v) is 3.35. The Bertz CT molecular complexity index is 534. The Morgan fingerprint density at radius 1 is 1.39 bits per heavy atom. The van der Waals surface area contributed by atoms with E-state index in [2.05, 4.69) is 15.3 Å². The van der Waals surface area contributed by atoms with E-state index in [1.807, 2.05) is 13.8 Å². The summed E-state index contributed by atoms with van der Waals surface area (Å²) < 4.78 is 13.0. The van der Waals surface area contributed by atoms with E-state index in [1.54, 1.807) is 6.07 Å². The first-order chi connectivity index (χ1) is 8.56. The number of aromatic nitrogens is 2. The molecule has 0 saturated heterocycles. The first-order valence-electron chi connectivity index (χ1n) is 6.18. The molecule has 4 nitrogen and oxygen atoms in total. The summed E-state index contributed by atoms with van der Waals surface area (Å²) in [6, 6.07) is 4.40. The molecule has 0 unspecified atom stereocenters. The third-order valence-electron chi connectivity index (χ3n) is 3.35. The number of rotatable bonds is 5. The number of aromatic amines is 1. The maximum atomic E-state index is 13.0. The molecule has 5 heteroatoms. The molecule has 1 heterocycles. The van der Waals surface area contributed by atoms with E-state index < -0.39 is 5.60 Å². The number of nitrogens with one attached hydrogen (secondary N) is 2. The Morgan fingerprint density at radius 2 is 2.11 bits per heavy atom. The number of H-pyrrole nitrogens is 1. The van der Waals surface area contributed by atoms with Crippen LogP contribution in [0.4, 0.5) is 10.3 Å². The summed E-state index contributed by atoms with van der Waals surface area (Å²) in [5, 5.41) is 13.2. The van der Waals surface area contributed by atoms with Gasteiger partial charge in [-0.3, -0.25) is 0 Å². The number of benzene rings is 1. The van der Waals surface area contributed by atoms with Gasteiger partial charge >= 0.3 is 0 Å². The molecule has 0 aliphatic heterocycles. The van der Waals surface area contributed by atoms with Crippen molar-refractivity contribution in [3.8, 4) is 0 Å². The molecule has 1 aromatic heterocycles. The molecule has 2 rings (SSSR count). The van der Waals surface area contributed by atoms with Gasteiger partial charge in [0, 0.05) is 6.54 Å². The number of aliphatic hydroxyl groups is 1. The third kappa shape index (κ3) is 2.61. The smallest absolute Gasteiger partial charge is 0.201 e. The van der Waals surface area contributed by atoms with Gasteiger partial charge in [0.15, 0.2) is 0 Å². The summed E-state index contributed by atoms with van der Waals surface area (Å²) in [5.74, 6) is 0.257. The lowest BCUT2D eigenvalue weighted by atomic mass is 9.98. The van der Waals surface area contributed by atoms with Gasteiger partial charge in [0.1, 0.15) is 5.82 Å². The first kappa shape index (κ1) is 12.8. The Hall–Kier alpha value is -1.62. The van der Waals surface area contributed by atoms with Crippen molar-refractivity contribution in [2.75, 3.05) is 11.9 Å². The second-order valence-electron chi connectivity index (χ2n) is 4.53. The highest BCUT2D eigenvalue weighted by atomic mass is 19.1.